The van der Waals surface area contributed by atoms with Gasteiger partial charge in [0, 0.05) is 113 Å². The highest BCUT2D eigenvalue weighted by molar-refractivity contribution is 7.16. The number of nitrogens with one attached hydrogen (secondary N) is 4. The summed E-state index contributed by atoms with van der Waals surface area (Å²) in [5.74, 6) is -0.964. The lowest BCUT2D eigenvalue weighted by Gasteiger charge is -2.33. The van der Waals surface area contributed by atoms with Crippen molar-refractivity contribution in [3.63, 3.8) is 0 Å². The lowest BCUT2D eigenvalue weighted by molar-refractivity contribution is -0.115. The van der Waals surface area contributed by atoms with Crippen LogP contribution in [-0.4, -0.2) is 107 Å². The molecule has 18 heteroatoms. The molecule has 0 saturated carbocycles. The maximum absolute atomic E-state index is 14.3. The van der Waals surface area contributed by atoms with E-state index in [0.717, 1.165) is 62.1 Å². The summed E-state index contributed by atoms with van der Waals surface area (Å²) in [6, 6.07) is 3.68. The van der Waals surface area contributed by atoms with Gasteiger partial charge in [0.2, 0.25) is 23.6 Å². The minimum Gasteiger partial charge on any atom is -0.479 e. The van der Waals surface area contributed by atoms with Gasteiger partial charge in [0.15, 0.2) is 21.9 Å². The van der Waals surface area contributed by atoms with Crippen molar-refractivity contribution in [3.8, 4) is 11.8 Å². The Labute approximate surface area is 309 Å². The predicted octanol–water partition coefficient (Wildman–Crippen LogP) is 3.32. The van der Waals surface area contributed by atoms with E-state index in [-0.39, 0.29) is 35.7 Å². The molecule has 2 aliphatic heterocycles. The van der Waals surface area contributed by atoms with Gasteiger partial charge in [0.25, 0.3) is 0 Å². The van der Waals surface area contributed by atoms with Gasteiger partial charge in [-0.3, -0.25) is 19.4 Å². The first-order chi connectivity index (χ1) is 25.1. The van der Waals surface area contributed by atoms with Crippen molar-refractivity contribution in [3.05, 3.63) is 69.4 Å². The van der Waals surface area contributed by atoms with Gasteiger partial charge in [-0.05, 0) is 36.1 Å². The second-order valence-corrected chi connectivity index (χ2v) is 14.6. The van der Waals surface area contributed by atoms with Crippen LogP contribution in [0.5, 0.6) is 11.8 Å². The van der Waals surface area contributed by atoms with E-state index in [2.05, 4.69) is 51.0 Å². The Morgan fingerprint density at radius 2 is 1.19 bits per heavy atom. The Morgan fingerprint density at radius 3 is 1.58 bits per heavy atom. The van der Waals surface area contributed by atoms with Gasteiger partial charge < -0.3 is 30.7 Å². The van der Waals surface area contributed by atoms with E-state index in [4.69, 9.17) is 9.47 Å². The van der Waals surface area contributed by atoms with E-state index in [9.17, 15) is 18.4 Å². The number of nitrogens with zero attached hydrogens (tertiary/aromatic N) is 6. The van der Waals surface area contributed by atoms with Crippen LogP contribution < -0.4 is 30.7 Å². The predicted molar refractivity (Wildman–Crippen MR) is 196 cm³/mol. The molecule has 0 bridgehead atoms. The zero-order valence-electron chi connectivity index (χ0n) is 29.6. The fourth-order valence-corrected chi connectivity index (χ4v) is 7.83. The van der Waals surface area contributed by atoms with Crippen LogP contribution in [-0.2, 0) is 35.5 Å². The van der Waals surface area contributed by atoms with E-state index in [1.165, 1.54) is 50.7 Å². The van der Waals surface area contributed by atoms with Gasteiger partial charge in [-0.1, -0.05) is 0 Å². The molecule has 6 rings (SSSR count). The number of anilines is 2. The molecule has 0 radical (unpaired) electrons. The Bertz CT molecular complexity index is 1670. The molecule has 4 N–H and O–H groups in total. The highest BCUT2D eigenvalue weighted by Crippen LogP contribution is 2.24. The molecule has 0 unspecified atom stereocenters. The fourth-order valence-electron chi connectivity index (χ4n) is 6.02. The van der Waals surface area contributed by atoms with Crippen LogP contribution in [0.15, 0.2) is 36.9 Å². The number of pyridine rings is 2. The Balaban J connectivity index is 0.000000201. The average Bonchev–Trinajstić information content (AvgIpc) is 3.75. The molecule has 14 nitrogen and oxygen atoms in total. The second kappa shape index (κ2) is 19.0. The normalized spacial score (nSPS) is 17.9. The molecule has 52 heavy (non-hydrogen) atoms. The number of ether oxygens (including phenoxy) is 2. The van der Waals surface area contributed by atoms with Crippen molar-refractivity contribution in [2.24, 2.45) is 0 Å². The lowest BCUT2D eigenvalue weighted by atomic mass is 10.0. The SMILES string of the molecule is COc1nccc(C[C@@H]2CN(Cc3cnc(NC(C)=O)s3)CCN2)c1F.COc1nccc(C[C@H]2CN(Cc3cnc(NC(C)=O)s3)CCN2)c1F. The number of halogens is 2. The van der Waals surface area contributed by atoms with Crippen LogP contribution in [0.2, 0.25) is 0 Å². The lowest BCUT2D eigenvalue weighted by Crippen LogP contribution is -2.51. The smallest absolute Gasteiger partial charge is 0.250 e. The molecule has 2 amide bonds. The first kappa shape index (κ1) is 39.0. The standard InChI is InChI=1S/2C17H22FN5O2S/c2*1-11(24)22-17-21-8-14(26-17)10-23-6-5-19-13(9-23)7-12-3-4-20-16(25-2)15(12)18/h2*3-4,8,13,19H,5-7,9-10H2,1-2H3,(H,21,22,24)/t2*13-/m10/s1. The summed E-state index contributed by atoms with van der Waals surface area (Å²) in [5.41, 5.74) is 1.20. The molecule has 2 atom stereocenters. The first-order valence-electron chi connectivity index (χ1n) is 16.8. The Kier molecular flexibility index (Phi) is 14.3. The zero-order chi connectivity index (χ0) is 37.0. The quantitative estimate of drug-likeness (QED) is 0.167. The van der Waals surface area contributed by atoms with E-state index in [1.807, 2.05) is 0 Å². The third-order valence-corrected chi connectivity index (χ3v) is 10.1. The molecule has 0 aromatic carbocycles. The highest BCUT2D eigenvalue weighted by Gasteiger charge is 2.24. The Hall–Kier alpha value is -4.20. The summed E-state index contributed by atoms with van der Waals surface area (Å²) in [4.78, 5) is 45.2. The van der Waals surface area contributed by atoms with E-state index in [0.29, 0.717) is 34.2 Å². The number of carbonyl (C=O) groups excluding carboxylic acids is 2. The summed E-state index contributed by atoms with van der Waals surface area (Å²) < 4.78 is 38.5. The van der Waals surface area contributed by atoms with Crippen LogP contribution in [0.4, 0.5) is 19.0 Å². The van der Waals surface area contributed by atoms with Crippen LogP contribution in [0.1, 0.15) is 34.7 Å². The minimum atomic E-state index is -0.392. The molecule has 2 fully saturated rings. The summed E-state index contributed by atoms with van der Waals surface area (Å²) in [7, 11) is 2.83. The van der Waals surface area contributed by atoms with Crippen molar-refractivity contribution >= 4 is 44.8 Å². The van der Waals surface area contributed by atoms with Crippen molar-refractivity contribution in [2.45, 2.75) is 51.9 Å². The van der Waals surface area contributed by atoms with Crippen molar-refractivity contribution in [1.29, 1.82) is 0 Å². The maximum atomic E-state index is 14.3. The molecule has 0 spiro atoms. The number of hydrogen-bond acceptors (Lipinski definition) is 14. The number of amides is 2. The summed E-state index contributed by atoms with van der Waals surface area (Å²) in [6.07, 6.45) is 7.86. The van der Waals surface area contributed by atoms with Gasteiger partial charge in [-0.25, -0.2) is 28.7 Å². The third-order valence-electron chi connectivity index (χ3n) is 8.30. The van der Waals surface area contributed by atoms with Crippen LogP contribution >= 0.6 is 22.7 Å². The first-order valence-corrected chi connectivity index (χ1v) is 18.4. The summed E-state index contributed by atoms with van der Waals surface area (Å²) in [6.45, 7) is 9.56. The van der Waals surface area contributed by atoms with Gasteiger partial charge in [-0.2, -0.15) is 0 Å². The summed E-state index contributed by atoms with van der Waals surface area (Å²) >= 11 is 2.96. The molecule has 6 heterocycles. The zero-order valence-corrected chi connectivity index (χ0v) is 31.2. The maximum Gasteiger partial charge on any atom is 0.250 e. The fraction of sp³-hybridized carbons (Fsp3) is 0.471. The second-order valence-electron chi connectivity index (χ2n) is 12.4. The summed E-state index contributed by atoms with van der Waals surface area (Å²) in [5, 5.41) is 13.5. The number of hydrogen-bond donors (Lipinski definition) is 4. The van der Waals surface area contributed by atoms with Gasteiger partial charge >= 0.3 is 0 Å². The largest absolute Gasteiger partial charge is 0.479 e. The van der Waals surface area contributed by atoms with Crippen molar-refractivity contribution < 1.29 is 27.8 Å². The average molecular weight is 759 g/mol. The van der Waals surface area contributed by atoms with E-state index in [1.54, 1.807) is 36.9 Å². The Morgan fingerprint density at radius 1 is 0.769 bits per heavy atom. The molecule has 280 valence electrons. The molecular weight excluding hydrogens is 715 g/mol. The molecule has 4 aromatic heterocycles. The minimum absolute atomic E-state index is 0.0327. The highest BCUT2D eigenvalue weighted by atomic mass is 32.1. The van der Waals surface area contributed by atoms with Gasteiger partial charge in [-0.15, -0.1) is 22.7 Å². The van der Waals surface area contributed by atoms with E-state index >= 15 is 0 Å². The molecule has 2 saturated heterocycles. The number of aromatic nitrogens is 4. The number of rotatable bonds is 12. The molecule has 0 aliphatic carbocycles. The van der Waals surface area contributed by atoms with Gasteiger partial charge in [0.05, 0.1) is 14.2 Å². The number of piperazine rings is 2. The number of methoxy groups -OCH3 is 2. The number of carbonyl (C=O) groups is 2. The van der Waals surface area contributed by atoms with Crippen LogP contribution in [0.25, 0.3) is 0 Å². The van der Waals surface area contributed by atoms with Crippen LogP contribution in [0, 0.1) is 11.6 Å². The van der Waals surface area contributed by atoms with Crippen LogP contribution in [0.3, 0.4) is 0 Å². The van der Waals surface area contributed by atoms with E-state index < -0.39 is 11.6 Å². The number of thiazole rings is 2. The molecular formula is C34H44F2N10O4S2. The van der Waals surface area contributed by atoms with Crippen molar-refractivity contribution in [2.75, 3.05) is 64.1 Å². The molecule has 2 aliphatic rings. The topological polar surface area (TPSA) is 159 Å². The van der Waals surface area contributed by atoms with Crippen molar-refractivity contribution in [1.82, 2.24) is 40.4 Å². The molecule has 4 aromatic rings. The van der Waals surface area contributed by atoms with Gasteiger partial charge in [0.1, 0.15) is 0 Å². The monoisotopic (exact) mass is 758 g/mol. The third kappa shape index (κ3) is 11.4.